The fraction of sp³-hybridized carbons (Fsp3) is 0.128. The average Bonchev–Trinajstić information content (AvgIpc) is 3.24. The lowest BCUT2D eigenvalue weighted by molar-refractivity contribution is -0.122. The standard InChI is InChI=1S/C39H30N2O4/c42-35-25-30(26-13-4-1-5-14-26)24-33-36(35)37(29-19-12-20-31(23-29)45-39(44)28-17-8-3-9-18-28)41(34-22-11-10-21-32(34)40-33)38(43)27-15-6-2-7-16-27/h1-23,30,36-37H,24-25H2. The molecule has 7 rings (SSSR count). The van der Waals surface area contributed by atoms with Crippen molar-refractivity contribution in [3.63, 3.8) is 0 Å². The van der Waals surface area contributed by atoms with Gasteiger partial charge in [0.2, 0.25) is 0 Å². The van der Waals surface area contributed by atoms with Gasteiger partial charge in [0.1, 0.15) is 11.5 Å². The zero-order valence-electron chi connectivity index (χ0n) is 24.5. The summed E-state index contributed by atoms with van der Waals surface area (Å²) in [5.74, 6) is -1.09. The molecular weight excluding hydrogens is 560 g/mol. The van der Waals surface area contributed by atoms with Crippen LogP contribution in [0, 0.1) is 5.92 Å². The number of ether oxygens (including phenoxy) is 1. The Balaban J connectivity index is 1.36. The maximum atomic E-state index is 14.5. The molecule has 3 atom stereocenters. The number of ketones is 1. The van der Waals surface area contributed by atoms with Gasteiger partial charge in [-0.15, -0.1) is 0 Å². The second kappa shape index (κ2) is 12.2. The molecular formula is C39H30N2O4. The van der Waals surface area contributed by atoms with E-state index in [1.54, 1.807) is 59.5 Å². The quantitative estimate of drug-likeness (QED) is 0.153. The molecule has 0 spiro atoms. The van der Waals surface area contributed by atoms with Gasteiger partial charge in [-0.05, 0) is 72.0 Å². The number of anilines is 1. The minimum atomic E-state index is -0.722. The number of benzene rings is 5. The van der Waals surface area contributed by atoms with Gasteiger partial charge in [-0.3, -0.25) is 19.5 Å². The van der Waals surface area contributed by atoms with E-state index in [-0.39, 0.29) is 17.6 Å². The van der Waals surface area contributed by atoms with Crippen LogP contribution in [0.15, 0.2) is 145 Å². The molecule has 0 N–H and O–H groups in total. The number of rotatable bonds is 5. The predicted molar refractivity (Wildman–Crippen MR) is 174 cm³/mol. The third-order valence-corrected chi connectivity index (χ3v) is 8.54. The van der Waals surface area contributed by atoms with Gasteiger partial charge in [0, 0.05) is 17.7 Å². The molecule has 5 aromatic rings. The molecule has 45 heavy (non-hydrogen) atoms. The van der Waals surface area contributed by atoms with Crippen LogP contribution in [0.3, 0.4) is 0 Å². The minimum absolute atomic E-state index is 0.0175. The Bertz CT molecular complexity index is 1900. The monoisotopic (exact) mass is 590 g/mol. The van der Waals surface area contributed by atoms with E-state index in [4.69, 9.17) is 9.73 Å². The SMILES string of the molecule is O=C(Oc1cccc(C2C3C(=O)CC(c4ccccc4)CC3=Nc3ccccc3N2C(=O)c2ccccc2)c1)c1ccccc1. The highest BCUT2D eigenvalue weighted by atomic mass is 16.5. The molecule has 6 nitrogen and oxygen atoms in total. The van der Waals surface area contributed by atoms with Gasteiger partial charge in [0.25, 0.3) is 5.91 Å². The Labute approximate surface area is 261 Å². The van der Waals surface area contributed by atoms with Crippen molar-refractivity contribution in [2.45, 2.75) is 24.8 Å². The van der Waals surface area contributed by atoms with Crippen molar-refractivity contribution in [3.8, 4) is 5.75 Å². The number of carbonyl (C=O) groups excluding carboxylic acids is 3. The van der Waals surface area contributed by atoms with E-state index < -0.39 is 17.9 Å². The van der Waals surface area contributed by atoms with Gasteiger partial charge in [0.05, 0.1) is 28.9 Å². The van der Waals surface area contributed by atoms with E-state index >= 15 is 0 Å². The fourth-order valence-electron chi connectivity index (χ4n) is 6.46. The third-order valence-electron chi connectivity index (χ3n) is 8.54. The van der Waals surface area contributed by atoms with Crippen LogP contribution in [0.4, 0.5) is 11.4 Å². The van der Waals surface area contributed by atoms with Crippen LogP contribution in [0.1, 0.15) is 56.6 Å². The molecule has 3 unspecified atom stereocenters. The van der Waals surface area contributed by atoms with E-state index in [9.17, 15) is 14.4 Å². The Morgan fingerprint density at radius 2 is 1.29 bits per heavy atom. The summed E-state index contributed by atoms with van der Waals surface area (Å²) in [7, 11) is 0. The summed E-state index contributed by atoms with van der Waals surface area (Å²) >= 11 is 0. The average molecular weight is 591 g/mol. The van der Waals surface area contributed by atoms with Crippen LogP contribution in [0.5, 0.6) is 5.75 Å². The first-order valence-electron chi connectivity index (χ1n) is 15.1. The number of nitrogens with zero attached hydrogens (tertiary/aromatic N) is 2. The lowest BCUT2D eigenvalue weighted by Crippen LogP contribution is -2.45. The zero-order chi connectivity index (χ0) is 30.8. The molecule has 1 aliphatic heterocycles. The normalized spacial score (nSPS) is 19.0. The molecule has 0 bridgehead atoms. The number of hydrogen-bond donors (Lipinski definition) is 0. The molecule has 1 fully saturated rings. The number of aliphatic imine (C=N–C) groups is 1. The summed E-state index contributed by atoms with van der Waals surface area (Å²) in [4.78, 5) is 48.6. The molecule has 0 aromatic heterocycles. The second-order valence-electron chi connectivity index (χ2n) is 11.4. The molecule has 6 heteroatoms. The maximum Gasteiger partial charge on any atom is 0.343 e. The second-order valence-corrected chi connectivity index (χ2v) is 11.4. The van der Waals surface area contributed by atoms with Crippen molar-refractivity contribution in [1.82, 2.24) is 0 Å². The van der Waals surface area contributed by atoms with Crippen LogP contribution in [0.2, 0.25) is 0 Å². The van der Waals surface area contributed by atoms with E-state index in [0.29, 0.717) is 46.7 Å². The lowest BCUT2D eigenvalue weighted by Gasteiger charge is -2.39. The molecule has 1 saturated carbocycles. The molecule has 1 amide bonds. The number of esters is 1. The predicted octanol–water partition coefficient (Wildman–Crippen LogP) is 8.14. The molecule has 220 valence electrons. The molecule has 2 aliphatic rings. The molecule has 0 saturated heterocycles. The highest BCUT2D eigenvalue weighted by Crippen LogP contribution is 2.48. The first-order chi connectivity index (χ1) is 22.1. The minimum Gasteiger partial charge on any atom is -0.423 e. The molecule has 0 radical (unpaired) electrons. The van der Waals surface area contributed by atoms with Crippen LogP contribution in [-0.4, -0.2) is 23.4 Å². The summed E-state index contributed by atoms with van der Waals surface area (Å²) in [5.41, 5.74) is 4.69. The van der Waals surface area contributed by atoms with Crippen LogP contribution in [0.25, 0.3) is 0 Å². The number of amides is 1. The van der Waals surface area contributed by atoms with Crippen molar-refractivity contribution in [1.29, 1.82) is 0 Å². The number of para-hydroxylation sites is 2. The van der Waals surface area contributed by atoms with Gasteiger partial charge in [-0.25, -0.2) is 4.79 Å². The third kappa shape index (κ3) is 5.58. The first-order valence-corrected chi connectivity index (χ1v) is 15.1. The van der Waals surface area contributed by atoms with Gasteiger partial charge >= 0.3 is 5.97 Å². The topological polar surface area (TPSA) is 76.0 Å². The van der Waals surface area contributed by atoms with Gasteiger partial charge in [0.15, 0.2) is 0 Å². The van der Waals surface area contributed by atoms with Crippen LogP contribution >= 0.6 is 0 Å². The van der Waals surface area contributed by atoms with E-state index in [1.807, 2.05) is 72.8 Å². The summed E-state index contributed by atoms with van der Waals surface area (Å²) in [5, 5.41) is 0. The van der Waals surface area contributed by atoms with Gasteiger partial charge in [-0.2, -0.15) is 0 Å². The Hall–Kier alpha value is -5.62. The highest BCUT2D eigenvalue weighted by molar-refractivity contribution is 6.15. The summed E-state index contributed by atoms with van der Waals surface area (Å²) in [6.07, 6.45) is 0.915. The molecule has 5 aromatic carbocycles. The van der Waals surface area contributed by atoms with Gasteiger partial charge < -0.3 is 4.74 Å². The first kappa shape index (κ1) is 28.2. The summed E-state index contributed by atoms with van der Waals surface area (Å²) in [6, 6.07) is 41.9. The lowest BCUT2D eigenvalue weighted by atomic mass is 9.72. The summed E-state index contributed by atoms with van der Waals surface area (Å²) < 4.78 is 5.79. The van der Waals surface area contributed by atoms with E-state index in [0.717, 1.165) is 11.3 Å². The Morgan fingerprint density at radius 1 is 0.667 bits per heavy atom. The van der Waals surface area contributed by atoms with Crippen molar-refractivity contribution in [2.24, 2.45) is 10.9 Å². The zero-order valence-corrected chi connectivity index (χ0v) is 24.5. The Kier molecular flexibility index (Phi) is 7.62. The Morgan fingerprint density at radius 3 is 2.02 bits per heavy atom. The number of Topliss-reactive ketones (excluding diaryl/α,β-unsaturated/α-hetero) is 1. The number of carbonyl (C=O) groups is 3. The summed E-state index contributed by atoms with van der Waals surface area (Å²) in [6.45, 7) is 0. The van der Waals surface area contributed by atoms with E-state index in [2.05, 4.69) is 12.1 Å². The maximum absolute atomic E-state index is 14.5. The smallest absolute Gasteiger partial charge is 0.343 e. The fourth-order valence-corrected chi connectivity index (χ4v) is 6.46. The van der Waals surface area contributed by atoms with Gasteiger partial charge in [-0.1, -0.05) is 91.0 Å². The van der Waals surface area contributed by atoms with Crippen molar-refractivity contribution >= 4 is 34.7 Å². The van der Waals surface area contributed by atoms with Crippen LogP contribution < -0.4 is 9.64 Å². The van der Waals surface area contributed by atoms with Crippen molar-refractivity contribution in [3.05, 3.63) is 162 Å². The van der Waals surface area contributed by atoms with Crippen molar-refractivity contribution < 1.29 is 19.1 Å². The van der Waals surface area contributed by atoms with E-state index in [1.165, 1.54) is 0 Å². The molecule has 1 heterocycles. The highest BCUT2D eigenvalue weighted by Gasteiger charge is 2.46. The molecule has 1 aliphatic carbocycles. The number of hydrogen-bond acceptors (Lipinski definition) is 5. The van der Waals surface area contributed by atoms with Crippen LogP contribution in [-0.2, 0) is 4.79 Å². The van der Waals surface area contributed by atoms with Crippen molar-refractivity contribution in [2.75, 3.05) is 4.90 Å². The largest absolute Gasteiger partial charge is 0.423 e. The number of fused-ring (bicyclic) bond motifs is 2.